The largest absolute Gasteiger partial charge is 0.328 e. The van der Waals surface area contributed by atoms with Gasteiger partial charge in [0.1, 0.15) is 16.7 Å². The topological polar surface area (TPSA) is 45.8 Å². The van der Waals surface area contributed by atoms with E-state index in [-0.39, 0.29) is 10.8 Å². The number of carbonyl (C=O) groups excluding carboxylic acids is 1. The number of benzene rings is 1. The molecule has 1 heterocycles. The lowest BCUT2D eigenvalue weighted by Crippen LogP contribution is -1.81. The van der Waals surface area contributed by atoms with E-state index < -0.39 is 0 Å². The normalized spacial score (nSPS) is 10.3. The summed E-state index contributed by atoms with van der Waals surface area (Å²) in [6, 6.07) is 7.08. The maximum absolute atomic E-state index is 10.5. The first-order valence-electron chi connectivity index (χ1n) is 4.17. The monoisotopic (exact) mass is 240 g/mol. The molecule has 0 saturated carbocycles. The maximum Gasteiger partial charge on any atom is 0.171 e. The van der Waals surface area contributed by atoms with E-state index in [0.717, 1.165) is 5.56 Å². The predicted octanol–water partition coefficient (Wildman–Crippen LogP) is 3.20. The summed E-state index contributed by atoms with van der Waals surface area (Å²) in [5.41, 5.74) is 1.04. The van der Waals surface area contributed by atoms with Gasteiger partial charge in [0.05, 0.1) is 0 Å². The molecule has 5 heteroatoms. The second-order valence-electron chi connectivity index (χ2n) is 2.91. The zero-order valence-electron chi connectivity index (χ0n) is 7.50. The summed E-state index contributed by atoms with van der Waals surface area (Å²) in [4.78, 5) is 17.4. The van der Waals surface area contributed by atoms with Crippen LogP contribution in [0, 0.1) is 0 Å². The highest BCUT2D eigenvalue weighted by atomic mass is 35.5. The van der Waals surface area contributed by atoms with Gasteiger partial charge in [0.25, 0.3) is 0 Å². The number of carbonyl (C=O) groups is 1. The van der Waals surface area contributed by atoms with Crippen LogP contribution in [0.15, 0.2) is 24.3 Å². The van der Waals surface area contributed by atoms with Gasteiger partial charge in [-0.05, 0) is 24.3 Å². The van der Waals surface area contributed by atoms with Gasteiger partial charge in [0, 0.05) is 10.6 Å². The Hall–Kier alpha value is -1.32. The minimum atomic E-state index is 0.210. The highest BCUT2D eigenvalue weighted by Gasteiger charge is 2.08. The lowest BCUT2D eigenvalue weighted by molar-refractivity contribution is 0.111. The smallest absolute Gasteiger partial charge is 0.171 e. The Morgan fingerprint density at radius 2 is 1.87 bits per heavy atom. The molecule has 3 nitrogen and oxygen atoms in total. The Labute approximate surface area is 96.1 Å². The average Bonchev–Trinajstić information content (AvgIpc) is 2.61. The van der Waals surface area contributed by atoms with E-state index in [0.29, 0.717) is 17.1 Å². The number of nitrogens with one attached hydrogen (secondary N) is 1. The zero-order chi connectivity index (χ0) is 10.8. The standard InChI is InChI=1S/C10H6Cl2N2O/c11-7-3-1-6(2-4-7)10-13-8(5-15)9(12)14-10/h1-5H,(H,13,14). The Kier molecular flexibility index (Phi) is 2.75. The number of imidazole rings is 1. The minimum absolute atomic E-state index is 0.210. The molecule has 2 aromatic rings. The number of rotatable bonds is 2. The maximum atomic E-state index is 10.5. The van der Waals surface area contributed by atoms with E-state index in [9.17, 15) is 4.79 Å². The number of aromatic nitrogens is 2. The molecule has 2 rings (SSSR count). The van der Waals surface area contributed by atoms with Gasteiger partial charge < -0.3 is 4.98 Å². The molecule has 0 aliphatic heterocycles. The van der Waals surface area contributed by atoms with Gasteiger partial charge in [-0.25, -0.2) is 4.98 Å². The van der Waals surface area contributed by atoms with Gasteiger partial charge in [-0.15, -0.1) is 0 Å². The fourth-order valence-corrected chi connectivity index (χ4v) is 1.49. The van der Waals surface area contributed by atoms with Crippen molar-refractivity contribution in [1.29, 1.82) is 0 Å². The van der Waals surface area contributed by atoms with E-state index in [1.54, 1.807) is 24.3 Å². The molecule has 0 unspecified atom stereocenters. The fraction of sp³-hybridized carbons (Fsp3) is 0. The summed E-state index contributed by atoms with van der Waals surface area (Å²) >= 11 is 11.5. The lowest BCUT2D eigenvalue weighted by atomic mass is 10.2. The molecule has 0 bridgehead atoms. The molecule has 0 spiro atoms. The number of nitrogens with zero attached hydrogens (tertiary/aromatic N) is 1. The summed E-state index contributed by atoms with van der Waals surface area (Å²) in [6.07, 6.45) is 0.609. The van der Waals surface area contributed by atoms with Gasteiger partial charge in [-0.3, -0.25) is 4.79 Å². The third kappa shape index (κ3) is 2.03. The third-order valence-electron chi connectivity index (χ3n) is 1.91. The van der Waals surface area contributed by atoms with Crippen LogP contribution in [0.1, 0.15) is 10.5 Å². The van der Waals surface area contributed by atoms with E-state index in [2.05, 4.69) is 9.97 Å². The van der Waals surface area contributed by atoms with Crippen LogP contribution in [0.2, 0.25) is 10.2 Å². The van der Waals surface area contributed by atoms with Crippen molar-refractivity contribution in [1.82, 2.24) is 9.97 Å². The first-order chi connectivity index (χ1) is 7.20. The second kappa shape index (κ2) is 4.04. The molecular weight excluding hydrogens is 235 g/mol. The number of H-pyrrole nitrogens is 1. The molecule has 0 atom stereocenters. The SMILES string of the molecule is O=Cc1nc(-c2ccc(Cl)cc2)[nH]c1Cl. The van der Waals surface area contributed by atoms with E-state index in [1.807, 2.05) is 0 Å². The van der Waals surface area contributed by atoms with Crippen LogP contribution in [0.5, 0.6) is 0 Å². The Balaban J connectivity index is 2.45. The van der Waals surface area contributed by atoms with Crippen LogP contribution in [0.4, 0.5) is 0 Å². The van der Waals surface area contributed by atoms with Crippen molar-refractivity contribution in [2.24, 2.45) is 0 Å². The molecule has 0 radical (unpaired) electrons. The Morgan fingerprint density at radius 3 is 2.40 bits per heavy atom. The third-order valence-corrected chi connectivity index (χ3v) is 2.45. The predicted molar refractivity (Wildman–Crippen MR) is 59.4 cm³/mol. The van der Waals surface area contributed by atoms with E-state index in [4.69, 9.17) is 23.2 Å². The molecule has 1 N–H and O–H groups in total. The molecule has 15 heavy (non-hydrogen) atoms. The van der Waals surface area contributed by atoms with Gasteiger partial charge >= 0.3 is 0 Å². The van der Waals surface area contributed by atoms with Crippen molar-refractivity contribution in [3.8, 4) is 11.4 Å². The van der Waals surface area contributed by atoms with Crippen LogP contribution in [0.3, 0.4) is 0 Å². The van der Waals surface area contributed by atoms with Gasteiger partial charge in [-0.1, -0.05) is 23.2 Å². The lowest BCUT2D eigenvalue weighted by Gasteiger charge is -1.95. The van der Waals surface area contributed by atoms with Crippen molar-refractivity contribution < 1.29 is 4.79 Å². The number of aldehydes is 1. The minimum Gasteiger partial charge on any atom is -0.328 e. The summed E-state index contributed by atoms with van der Waals surface area (Å²) in [5, 5.41) is 0.891. The highest BCUT2D eigenvalue weighted by Crippen LogP contribution is 2.21. The van der Waals surface area contributed by atoms with E-state index >= 15 is 0 Å². The van der Waals surface area contributed by atoms with Crippen molar-refractivity contribution in [2.45, 2.75) is 0 Å². The van der Waals surface area contributed by atoms with Crippen LogP contribution < -0.4 is 0 Å². The van der Waals surface area contributed by atoms with Gasteiger partial charge in [-0.2, -0.15) is 0 Å². The van der Waals surface area contributed by atoms with Crippen molar-refractivity contribution in [3.63, 3.8) is 0 Å². The van der Waals surface area contributed by atoms with Gasteiger partial charge in [0.2, 0.25) is 0 Å². The number of aromatic amines is 1. The number of hydrogen-bond acceptors (Lipinski definition) is 2. The molecule has 1 aromatic carbocycles. The van der Waals surface area contributed by atoms with Crippen LogP contribution in [-0.4, -0.2) is 16.3 Å². The molecule has 0 saturated heterocycles. The van der Waals surface area contributed by atoms with Crippen LogP contribution in [0.25, 0.3) is 11.4 Å². The fourth-order valence-electron chi connectivity index (χ4n) is 1.19. The summed E-state index contributed by atoms with van der Waals surface area (Å²) in [5.74, 6) is 0.554. The molecular formula is C10H6Cl2N2O. The van der Waals surface area contributed by atoms with Crippen molar-refractivity contribution in [3.05, 3.63) is 40.1 Å². The quantitative estimate of drug-likeness (QED) is 0.820. The van der Waals surface area contributed by atoms with Gasteiger partial charge in [0.15, 0.2) is 6.29 Å². The molecule has 0 aliphatic carbocycles. The van der Waals surface area contributed by atoms with Crippen molar-refractivity contribution >= 4 is 29.5 Å². The number of hydrogen-bond donors (Lipinski definition) is 1. The van der Waals surface area contributed by atoms with Crippen molar-refractivity contribution in [2.75, 3.05) is 0 Å². The Morgan fingerprint density at radius 1 is 1.20 bits per heavy atom. The van der Waals surface area contributed by atoms with E-state index in [1.165, 1.54) is 0 Å². The summed E-state index contributed by atoms with van der Waals surface area (Å²) in [6.45, 7) is 0. The van der Waals surface area contributed by atoms with Crippen LogP contribution in [-0.2, 0) is 0 Å². The summed E-state index contributed by atoms with van der Waals surface area (Å²) in [7, 11) is 0. The summed E-state index contributed by atoms with van der Waals surface area (Å²) < 4.78 is 0. The molecule has 76 valence electrons. The average molecular weight is 241 g/mol. The second-order valence-corrected chi connectivity index (χ2v) is 3.72. The molecule has 0 fully saturated rings. The zero-order valence-corrected chi connectivity index (χ0v) is 9.01. The molecule has 0 amide bonds. The number of halogens is 2. The highest BCUT2D eigenvalue weighted by molar-refractivity contribution is 6.31. The molecule has 1 aromatic heterocycles. The molecule has 0 aliphatic rings. The Bertz CT molecular complexity index is 491. The first kappa shape index (κ1) is 10.2. The first-order valence-corrected chi connectivity index (χ1v) is 4.93. The van der Waals surface area contributed by atoms with Crippen LogP contribution >= 0.6 is 23.2 Å².